The molecule has 100 valence electrons. The van der Waals surface area contributed by atoms with E-state index in [2.05, 4.69) is 4.74 Å². The number of benzene rings is 1. The molecule has 0 unspecified atom stereocenters. The zero-order valence-corrected chi connectivity index (χ0v) is 10.4. The van der Waals surface area contributed by atoms with Gasteiger partial charge in [0.25, 0.3) is 0 Å². The van der Waals surface area contributed by atoms with Gasteiger partial charge in [-0.2, -0.15) is 5.26 Å². The summed E-state index contributed by atoms with van der Waals surface area (Å²) in [4.78, 5) is 0. The van der Waals surface area contributed by atoms with Gasteiger partial charge in [-0.1, -0.05) is 17.7 Å². The number of hydrogen-bond acceptors (Lipinski definition) is 3. The summed E-state index contributed by atoms with van der Waals surface area (Å²) in [6.45, 7) is 0. The number of hydrogen-bond donors (Lipinski definition) is 1. The summed E-state index contributed by atoms with van der Waals surface area (Å²) in [5.41, 5.74) is 6.09. The van der Waals surface area contributed by atoms with Crippen molar-refractivity contribution in [2.75, 3.05) is 0 Å². The van der Waals surface area contributed by atoms with E-state index in [1.54, 1.807) is 0 Å². The van der Waals surface area contributed by atoms with Crippen LogP contribution in [0.25, 0.3) is 0 Å². The Hall–Kier alpha value is -1.16. The fraction of sp³-hybridized carbons (Fsp3) is 0.300. The molecule has 1 aromatic rings. The maximum absolute atomic E-state index is 12.0. The van der Waals surface area contributed by atoms with Crippen molar-refractivity contribution in [1.82, 2.24) is 0 Å². The predicted molar refractivity (Wildman–Crippen MR) is 62.5 cm³/mol. The summed E-state index contributed by atoms with van der Waals surface area (Å²) in [6, 6.07) is 4.94. The first-order valence-corrected chi connectivity index (χ1v) is 4.89. The molecule has 2 N–H and O–H groups in total. The molecule has 0 saturated carbocycles. The molecule has 0 spiro atoms. The van der Waals surface area contributed by atoms with Crippen molar-refractivity contribution < 1.29 is 17.9 Å². The third-order valence-corrected chi connectivity index (χ3v) is 2.22. The van der Waals surface area contributed by atoms with Crippen molar-refractivity contribution in [1.29, 1.82) is 5.26 Å². The maximum Gasteiger partial charge on any atom is 0.573 e. The second kappa shape index (κ2) is 6.69. The van der Waals surface area contributed by atoms with E-state index in [9.17, 15) is 13.2 Å². The average molecular weight is 301 g/mol. The molecule has 3 nitrogen and oxygen atoms in total. The number of halogens is 5. The van der Waals surface area contributed by atoms with Crippen LogP contribution in [0.3, 0.4) is 0 Å². The zero-order valence-electron chi connectivity index (χ0n) is 8.87. The highest BCUT2D eigenvalue weighted by Crippen LogP contribution is 2.32. The van der Waals surface area contributed by atoms with Crippen LogP contribution in [0.1, 0.15) is 18.0 Å². The lowest BCUT2D eigenvalue weighted by atomic mass is 10.1. The van der Waals surface area contributed by atoms with Crippen molar-refractivity contribution in [3.63, 3.8) is 0 Å². The van der Waals surface area contributed by atoms with E-state index in [-0.39, 0.29) is 23.9 Å². The van der Waals surface area contributed by atoms with Gasteiger partial charge >= 0.3 is 6.36 Å². The van der Waals surface area contributed by atoms with Gasteiger partial charge < -0.3 is 10.5 Å². The quantitative estimate of drug-likeness (QED) is 0.928. The molecular weight excluding hydrogens is 292 g/mol. The van der Waals surface area contributed by atoms with Crippen LogP contribution >= 0.6 is 24.0 Å². The molecule has 0 saturated heterocycles. The van der Waals surface area contributed by atoms with Crippen LogP contribution in [0.2, 0.25) is 5.02 Å². The largest absolute Gasteiger partial charge is 0.573 e. The molecule has 0 fully saturated rings. The Morgan fingerprint density at radius 3 is 2.50 bits per heavy atom. The van der Waals surface area contributed by atoms with Crippen LogP contribution in [-0.2, 0) is 0 Å². The molecule has 1 atom stereocenters. The molecule has 1 aromatic carbocycles. The van der Waals surface area contributed by atoms with E-state index >= 15 is 0 Å². The highest BCUT2D eigenvalue weighted by Gasteiger charge is 2.32. The molecule has 0 aliphatic heterocycles. The molecule has 0 radical (unpaired) electrons. The van der Waals surface area contributed by atoms with Gasteiger partial charge in [-0.3, -0.25) is 0 Å². The monoisotopic (exact) mass is 300 g/mol. The first-order chi connectivity index (χ1) is 7.83. The van der Waals surface area contributed by atoms with Gasteiger partial charge in [0.05, 0.1) is 17.5 Å². The van der Waals surface area contributed by atoms with Gasteiger partial charge in [-0.15, -0.1) is 25.6 Å². The van der Waals surface area contributed by atoms with Gasteiger partial charge in [0.1, 0.15) is 5.75 Å². The third-order valence-electron chi connectivity index (χ3n) is 1.92. The minimum absolute atomic E-state index is 0. The number of rotatable bonds is 3. The number of nitriles is 1. The Morgan fingerprint density at radius 2 is 2.06 bits per heavy atom. The Bertz CT molecular complexity index is 446. The van der Waals surface area contributed by atoms with Crippen molar-refractivity contribution in [3.8, 4) is 11.8 Å². The van der Waals surface area contributed by atoms with E-state index < -0.39 is 18.2 Å². The molecule has 0 heterocycles. The minimum atomic E-state index is -4.79. The van der Waals surface area contributed by atoms with Crippen LogP contribution in [0, 0.1) is 11.3 Å². The van der Waals surface area contributed by atoms with Crippen LogP contribution < -0.4 is 10.5 Å². The Kier molecular flexibility index (Phi) is 6.26. The highest BCUT2D eigenvalue weighted by molar-refractivity contribution is 6.32. The van der Waals surface area contributed by atoms with Crippen molar-refractivity contribution in [2.24, 2.45) is 5.73 Å². The molecule has 0 aliphatic rings. The van der Waals surface area contributed by atoms with Gasteiger partial charge in [-0.25, -0.2) is 0 Å². The number of alkyl halides is 3. The lowest BCUT2D eigenvalue weighted by Gasteiger charge is -2.13. The smallest absolute Gasteiger partial charge is 0.404 e. The van der Waals surface area contributed by atoms with E-state index in [4.69, 9.17) is 22.6 Å². The Balaban J connectivity index is 0.00000289. The lowest BCUT2D eigenvalue weighted by molar-refractivity contribution is -0.274. The molecule has 0 aliphatic carbocycles. The molecule has 0 amide bonds. The number of nitrogens with two attached hydrogens (primary N) is 1. The van der Waals surface area contributed by atoms with E-state index in [1.807, 2.05) is 6.07 Å². The second-order valence-electron chi connectivity index (χ2n) is 3.21. The molecule has 8 heteroatoms. The summed E-state index contributed by atoms with van der Waals surface area (Å²) in [5, 5.41) is 8.24. The normalized spacial score (nSPS) is 12.2. The van der Waals surface area contributed by atoms with Crippen LogP contribution in [0.15, 0.2) is 18.2 Å². The summed E-state index contributed by atoms with van der Waals surface area (Å²) >= 11 is 5.62. The van der Waals surface area contributed by atoms with Gasteiger partial charge in [0.15, 0.2) is 0 Å². The van der Waals surface area contributed by atoms with Crippen molar-refractivity contribution >= 4 is 24.0 Å². The molecule has 1 rings (SSSR count). The van der Waals surface area contributed by atoms with E-state index in [1.165, 1.54) is 12.1 Å². The Morgan fingerprint density at radius 1 is 1.44 bits per heavy atom. The first kappa shape index (κ1) is 16.8. The molecular formula is C10H9Cl2F3N2O. The second-order valence-corrected chi connectivity index (χ2v) is 3.61. The fourth-order valence-electron chi connectivity index (χ4n) is 1.17. The van der Waals surface area contributed by atoms with Crippen molar-refractivity contribution in [2.45, 2.75) is 18.8 Å². The number of nitrogens with zero attached hydrogens (tertiary/aromatic N) is 1. The summed E-state index contributed by atoms with van der Waals surface area (Å²) in [5.74, 6) is -0.493. The summed E-state index contributed by atoms with van der Waals surface area (Å²) in [7, 11) is 0. The third kappa shape index (κ3) is 5.00. The predicted octanol–water partition coefficient (Wildman–Crippen LogP) is 3.57. The maximum atomic E-state index is 12.0. The molecule has 0 aromatic heterocycles. The molecule has 0 bridgehead atoms. The first-order valence-electron chi connectivity index (χ1n) is 4.51. The topological polar surface area (TPSA) is 59.0 Å². The standard InChI is InChI=1S/C10H8ClF3N2O.ClH/c11-7-5-6(8(16)3-4-15)1-2-9(7)17-10(12,13)14;/h1-2,5,8H,3,16H2;1H/t8-;/m0./s1. The van der Waals surface area contributed by atoms with E-state index in [0.717, 1.165) is 6.07 Å². The van der Waals surface area contributed by atoms with Gasteiger partial charge in [0.2, 0.25) is 0 Å². The zero-order chi connectivity index (χ0) is 13.1. The number of ether oxygens (including phenoxy) is 1. The van der Waals surface area contributed by atoms with Crippen LogP contribution in [-0.4, -0.2) is 6.36 Å². The fourth-order valence-corrected chi connectivity index (χ4v) is 1.40. The van der Waals surface area contributed by atoms with Gasteiger partial charge in [0, 0.05) is 6.04 Å². The lowest BCUT2D eigenvalue weighted by Crippen LogP contribution is -2.17. The highest BCUT2D eigenvalue weighted by atomic mass is 35.5. The summed E-state index contributed by atoms with van der Waals surface area (Å²) in [6.07, 6.45) is -4.74. The SMILES string of the molecule is Cl.N#CC[C@H](N)c1ccc(OC(F)(F)F)c(Cl)c1. The minimum Gasteiger partial charge on any atom is -0.404 e. The van der Waals surface area contributed by atoms with Crippen LogP contribution in [0.4, 0.5) is 13.2 Å². The average Bonchev–Trinajstić information content (AvgIpc) is 2.19. The molecule has 18 heavy (non-hydrogen) atoms. The van der Waals surface area contributed by atoms with Crippen molar-refractivity contribution in [3.05, 3.63) is 28.8 Å². The van der Waals surface area contributed by atoms with Crippen LogP contribution in [0.5, 0.6) is 5.75 Å². The van der Waals surface area contributed by atoms with Gasteiger partial charge in [-0.05, 0) is 17.7 Å². The summed E-state index contributed by atoms with van der Waals surface area (Å²) < 4.78 is 39.5. The Labute approximate surface area is 113 Å². The van der Waals surface area contributed by atoms with E-state index in [0.29, 0.717) is 5.56 Å².